The van der Waals surface area contributed by atoms with E-state index in [0.29, 0.717) is 6.54 Å². The number of hydrogen-bond donors (Lipinski definition) is 0. The minimum atomic E-state index is 0.146. The van der Waals surface area contributed by atoms with E-state index in [9.17, 15) is 4.79 Å². The summed E-state index contributed by atoms with van der Waals surface area (Å²) in [6.45, 7) is 4.48. The highest BCUT2D eigenvalue weighted by molar-refractivity contribution is 5.97. The Morgan fingerprint density at radius 1 is 1.05 bits per heavy atom. The third kappa shape index (κ3) is 2.25. The van der Waals surface area contributed by atoms with Crippen LogP contribution in [-0.4, -0.2) is 10.4 Å². The van der Waals surface area contributed by atoms with Crippen molar-refractivity contribution < 1.29 is 4.79 Å². The number of ketones is 1. The van der Waals surface area contributed by atoms with Gasteiger partial charge < -0.3 is 4.57 Å². The minimum Gasteiger partial charge on any atom is -0.340 e. The van der Waals surface area contributed by atoms with Gasteiger partial charge in [-0.05, 0) is 37.6 Å². The van der Waals surface area contributed by atoms with Crippen molar-refractivity contribution in [1.82, 2.24) is 4.57 Å². The summed E-state index contributed by atoms with van der Waals surface area (Å²) in [6.07, 6.45) is 1.99. The number of rotatable bonds is 3. The molecule has 0 aliphatic rings. The number of aromatic nitrogens is 1. The number of nitrogens with zero attached hydrogens (tertiary/aromatic N) is 1. The monoisotopic (exact) mass is 263 g/mol. The highest BCUT2D eigenvalue weighted by Crippen LogP contribution is 2.20. The lowest BCUT2D eigenvalue weighted by molar-refractivity contribution is 0.0973. The summed E-state index contributed by atoms with van der Waals surface area (Å²) in [5.41, 5.74) is 4.25. The van der Waals surface area contributed by atoms with Gasteiger partial charge in [0, 0.05) is 22.7 Å². The molecule has 0 aliphatic heterocycles. The number of Topliss-reactive ketones (excluding diaryl/α,β-unsaturated/α-hetero) is 1. The number of carbonyl (C=O) groups is 1. The number of benzene rings is 2. The van der Waals surface area contributed by atoms with E-state index in [1.54, 1.807) is 0 Å². The first-order chi connectivity index (χ1) is 9.65. The van der Waals surface area contributed by atoms with E-state index in [1.807, 2.05) is 48.0 Å². The van der Waals surface area contributed by atoms with Crippen LogP contribution < -0.4 is 0 Å². The highest BCUT2D eigenvalue weighted by atomic mass is 16.1. The number of carbonyl (C=O) groups excluding carboxylic acids is 1. The van der Waals surface area contributed by atoms with Crippen LogP contribution in [0.25, 0.3) is 10.9 Å². The Kier molecular flexibility index (Phi) is 3.15. The van der Waals surface area contributed by atoms with Gasteiger partial charge in [-0.2, -0.15) is 0 Å². The topological polar surface area (TPSA) is 22.0 Å². The van der Waals surface area contributed by atoms with Gasteiger partial charge in [0.2, 0.25) is 0 Å². The quantitative estimate of drug-likeness (QED) is 0.651. The average molecular weight is 263 g/mol. The van der Waals surface area contributed by atoms with Gasteiger partial charge in [0.05, 0.1) is 6.54 Å². The maximum absolute atomic E-state index is 12.4. The Labute approximate surface area is 118 Å². The maximum atomic E-state index is 12.4. The lowest BCUT2D eigenvalue weighted by Crippen LogP contribution is -2.09. The van der Waals surface area contributed by atoms with Crippen molar-refractivity contribution in [1.29, 1.82) is 0 Å². The van der Waals surface area contributed by atoms with Crippen molar-refractivity contribution in [2.45, 2.75) is 20.4 Å². The molecule has 100 valence electrons. The van der Waals surface area contributed by atoms with E-state index >= 15 is 0 Å². The molecule has 0 bridgehead atoms. The molecule has 1 aromatic heterocycles. The van der Waals surface area contributed by atoms with E-state index in [1.165, 1.54) is 10.9 Å². The molecule has 0 N–H and O–H groups in total. The Hall–Kier alpha value is -2.35. The molecule has 2 heteroatoms. The summed E-state index contributed by atoms with van der Waals surface area (Å²) in [5, 5.41) is 1.21. The van der Waals surface area contributed by atoms with Crippen LogP contribution in [0.2, 0.25) is 0 Å². The summed E-state index contributed by atoms with van der Waals surface area (Å²) >= 11 is 0. The molecule has 3 rings (SSSR count). The van der Waals surface area contributed by atoms with Crippen LogP contribution in [0, 0.1) is 13.8 Å². The fourth-order valence-electron chi connectivity index (χ4n) is 2.58. The van der Waals surface area contributed by atoms with Crippen molar-refractivity contribution in [3.8, 4) is 0 Å². The van der Waals surface area contributed by atoms with Gasteiger partial charge in [0.1, 0.15) is 0 Å². The predicted molar refractivity (Wildman–Crippen MR) is 82.2 cm³/mol. The lowest BCUT2D eigenvalue weighted by Gasteiger charge is -2.06. The van der Waals surface area contributed by atoms with Crippen LogP contribution in [0.15, 0.2) is 54.7 Å². The summed E-state index contributed by atoms with van der Waals surface area (Å²) in [5.74, 6) is 0.146. The van der Waals surface area contributed by atoms with Crippen molar-refractivity contribution >= 4 is 16.7 Å². The van der Waals surface area contributed by atoms with Crippen molar-refractivity contribution in [3.05, 3.63) is 71.4 Å². The Balaban J connectivity index is 1.94. The summed E-state index contributed by atoms with van der Waals surface area (Å²) in [6, 6.07) is 16.0. The molecule has 2 aromatic carbocycles. The van der Waals surface area contributed by atoms with Gasteiger partial charge in [-0.25, -0.2) is 0 Å². The normalized spacial score (nSPS) is 10.9. The first kappa shape index (κ1) is 12.7. The summed E-state index contributed by atoms with van der Waals surface area (Å²) in [7, 11) is 0. The van der Waals surface area contributed by atoms with Gasteiger partial charge in [-0.3, -0.25) is 4.79 Å². The Morgan fingerprint density at radius 2 is 1.85 bits per heavy atom. The third-order valence-corrected chi connectivity index (χ3v) is 3.69. The summed E-state index contributed by atoms with van der Waals surface area (Å²) in [4.78, 5) is 12.4. The van der Waals surface area contributed by atoms with Gasteiger partial charge >= 0.3 is 0 Å². The summed E-state index contributed by atoms with van der Waals surface area (Å²) < 4.78 is 2.02. The number of hydrogen-bond acceptors (Lipinski definition) is 1. The smallest absolute Gasteiger partial charge is 0.182 e. The molecular formula is C18H17NO. The molecule has 0 radical (unpaired) electrons. The molecule has 0 aliphatic carbocycles. The van der Waals surface area contributed by atoms with Crippen LogP contribution in [0.4, 0.5) is 0 Å². The van der Waals surface area contributed by atoms with E-state index in [-0.39, 0.29) is 5.78 Å². The number of fused-ring (bicyclic) bond motifs is 1. The zero-order chi connectivity index (χ0) is 14.1. The van der Waals surface area contributed by atoms with Crippen molar-refractivity contribution in [3.63, 3.8) is 0 Å². The van der Waals surface area contributed by atoms with Gasteiger partial charge in [0.25, 0.3) is 0 Å². The van der Waals surface area contributed by atoms with E-state index < -0.39 is 0 Å². The molecular weight excluding hydrogens is 246 g/mol. The first-order valence-corrected chi connectivity index (χ1v) is 6.79. The second-order valence-electron chi connectivity index (χ2n) is 5.24. The van der Waals surface area contributed by atoms with Crippen molar-refractivity contribution in [2.24, 2.45) is 0 Å². The molecule has 0 amide bonds. The molecule has 3 aromatic rings. The molecule has 0 atom stereocenters. The van der Waals surface area contributed by atoms with Crippen LogP contribution in [0.5, 0.6) is 0 Å². The zero-order valence-corrected chi connectivity index (χ0v) is 11.8. The standard InChI is InChI=1S/C18H17NO/c1-13-5-3-7-15(11-13)18(20)12-19-10-9-16-14(2)6-4-8-17(16)19/h3-11H,12H2,1-2H3. The Morgan fingerprint density at radius 3 is 2.65 bits per heavy atom. The predicted octanol–water partition coefficient (Wildman–Crippen LogP) is 4.14. The minimum absolute atomic E-state index is 0.146. The fraction of sp³-hybridized carbons (Fsp3) is 0.167. The molecule has 0 saturated heterocycles. The molecule has 20 heavy (non-hydrogen) atoms. The van der Waals surface area contributed by atoms with Crippen LogP contribution >= 0.6 is 0 Å². The van der Waals surface area contributed by atoms with E-state index in [2.05, 4.69) is 25.1 Å². The van der Waals surface area contributed by atoms with E-state index in [0.717, 1.165) is 16.6 Å². The average Bonchev–Trinajstić information content (AvgIpc) is 2.83. The second kappa shape index (κ2) is 4.97. The molecule has 0 spiro atoms. The van der Waals surface area contributed by atoms with Crippen LogP contribution in [0.1, 0.15) is 21.5 Å². The lowest BCUT2D eigenvalue weighted by atomic mass is 10.1. The number of aryl methyl sites for hydroxylation is 2. The molecule has 1 heterocycles. The van der Waals surface area contributed by atoms with Gasteiger partial charge in [-0.15, -0.1) is 0 Å². The molecule has 0 unspecified atom stereocenters. The first-order valence-electron chi connectivity index (χ1n) is 6.79. The fourth-order valence-corrected chi connectivity index (χ4v) is 2.58. The molecule has 0 saturated carbocycles. The van der Waals surface area contributed by atoms with Gasteiger partial charge in [0.15, 0.2) is 5.78 Å². The van der Waals surface area contributed by atoms with E-state index in [4.69, 9.17) is 0 Å². The van der Waals surface area contributed by atoms with Crippen LogP contribution in [-0.2, 0) is 6.54 Å². The van der Waals surface area contributed by atoms with Crippen LogP contribution in [0.3, 0.4) is 0 Å². The second-order valence-corrected chi connectivity index (χ2v) is 5.24. The maximum Gasteiger partial charge on any atom is 0.182 e. The molecule has 0 fully saturated rings. The molecule has 2 nitrogen and oxygen atoms in total. The van der Waals surface area contributed by atoms with Gasteiger partial charge in [-0.1, -0.05) is 35.9 Å². The highest BCUT2D eigenvalue weighted by Gasteiger charge is 2.09. The SMILES string of the molecule is Cc1cccc(C(=O)Cn2ccc3c(C)cccc32)c1. The third-order valence-electron chi connectivity index (χ3n) is 3.69. The van der Waals surface area contributed by atoms with Crippen molar-refractivity contribution in [2.75, 3.05) is 0 Å². The Bertz CT molecular complexity index is 783. The zero-order valence-electron chi connectivity index (χ0n) is 11.8. The largest absolute Gasteiger partial charge is 0.340 e.